The highest BCUT2D eigenvalue weighted by atomic mass is 16.2. The zero-order valence-electron chi connectivity index (χ0n) is 12.6. The molecule has 2 amide bonds. The number of hydrogen-bond acceptors (Lipinski definition) is 3. The van der Waals surface area contributed by atoms with Gasteiger partial charge in [-0.05, 0) is 32.9 Å². The van der Waals surface area contributed by atoms with Crippen LogP contribution in [0.3, 0.4) is 0 Å². The summed E-state index contributed by atoms with van der Waals surface area (Å²) in [6.07, 6.45) is 3.42. The summed E-state index contributed by atoms with van der Waals surface area (Å²) in [5.41, 5.74) is 0.299. The molecule has 2 aliphatic heterocycles. The van der Waals surface area contributed by atoms with Crippen molar-refractivity contribution in [2.75, 3.05) is 53.4 Å². The highest BCUT2D eigenvalue weighted by Gasteiger charge is 2.43. The van der Waals surface area contributed by atoms with E-state index >= 15 is 0 Å². The van der Waals surface area contributed by atoms with Crippen molar-refractivity contribution in [2.24, 2.45) is 0 Å². The first-order valence-electron chi connectivity index (χ1n) is 7.51. The van der Waals surface area contributed by atoms with Crippen LogP contribution in [0.25, 0.3) is 0 Å². The first-order chi connectivity index (χ1) is 9.11. The van der Waals surface area contributed by atoms with Gasteiger partial charge in [0.15, 0.2) is 0 Å². The summed E-state index contributed by atoms with van der Waals surface area (Å²) in [5, 5.41) is 2.73. The summed E-state index contributed by atoms with van der Waals surface area (Å²) in [5.74, 6) is 0. The Morgan fingerprint density at radius 1 is 1.21 bits per heavy atom. The van der Waals surface area contributed by atoms with Gasteiger partial charge in [-0.15, -0.1) is 0 Å². The van der Waals surface area contributed by atoms with E-state index in [1.54, 1.807) is 7.05 Å². The van der Waals surface area contributed by atoms with Crippen LogP contribution in [-0.4, -0.2) is 79.6 Å². The number of hydrogen-bond donors (Lipinski definition) is 1. The highest BCUT2D eigenvalue weighted by Crippen LogP contribution is 2.32. The van der Waals surface area contributed by atoms with E-state index in [1.165, 1.54) is 26.1 Å². The van der Waals surface area contributed by atoms with Crippen LogP contribution in [0.1, 0.15) is 26.2 Å². The van der Waals surface area contributed by atoms with Crippen molar-refractivity contribution >= 4 is 6.03 Å². The summed E-state index contributed by atoms with van der Waals surface area (Å²) >= 11 is 0. The van der Waals surface area contributed by atoms with Gasteiger partial charge in [0.1, 0.15) is 0 Å². The Hall–Kier alpha value is -0.810. The Kier molecular flexibility index (Phi) is 4.68. The zero-order chi connectivity index (χ0) is 13.9. The smallest absolute Gasteiger partial charge is 0.317 e. The van der Waals surface area contributed by atoms with Crippen molar-refractivity contribution in [3.63, 3.8) is 0 Å². The Labute approximate surface area is 116 Å². The molecule has 0 aromatic carbocycles. The molecule has 2 heterocycles. The molecule has 19 heavy (non-hydrogen) atoms. The summed E-state index contributed by atoms with van der Waals surface area (Å²) in [6.45, 7) is 8.70. The third kappa shape index (κ3) is 3.03. The number of likely N-dealkylation sites (N-methyl/N-ethyl adjacent to an activating group) is 1. The van der Waals surface area contributed by atoms with Crippen molar-refractivity contribution in [1.29, 1.82) is 0 Å². The molecule has 0 saturated carbocycles. The van der Waals surface area contributed by atoms with Crippen LogP contribution in [0.4, 0.5) is 4.79 Å². The molecule has 0 radical (unpaired) electrons. The molecule has 0 aliphatic carbocycles. The average Bonchev–Trinajstić information content (AvgIpc) is 2.42. The molecule has 2 aliphatic rings. The zero-order valence-corrected chi connectivity index (χ0v) is 12.6. The minimum atomic E-state index is 0.0704. The summed E-state index contributed by atoms with van der Waals surface area (Å²) in [6, 6.07) is 0.0704. The summed E-state index contributed by atoms with van der Waals surface area (Å²) in [4.78, 5) is 18.8. The number of nitrogens with zero attached hydrogens (tertiary/aromatic N) is 3. The second-order valence-corrected chi connectivity index (χ2v) is 5.99. The molecule has 2 fully saturated rings. The second kappa shape index (κ2) is 6.09. The number of urea groups is 1. The molecule has 0 unspecified atom stereocenters. The number of likely N-dealkylation sites (tertiary alicyclic amines) is 1. The molecule has 0 bridgehead atoms. The number of amides is 2. The monoisotopic (exact) mass is 268 g/mol. The number of carbonyl (C=O) groups is 1. The Balaban J connectivity index is 2.02. The van der Waals surface area contributed by atoms with Crippen molar-refractivity contribution in [3.05, 3.63) is 0 Å². The van der Waals surface area contributed by atoms with Gasteiger partial charge in [-0.1, -0.05) is 6.92 Å². The van der Waals surface area contributed by atoms with Crippen molar-refractivity contribution in [2.45, 2.75) is 31.7 Å². The lowest BCUT2D eigenvalue weighted by atomic mass is 9.83. The summed E-state index contributed by atoms with van der Waals surface area (Å²) in [7, 11) is 3.93. The van der Waals surface area contributed by atoms with Gasteiger partial charge in [-0.3, -0.25) is 4.90 Å². The molecule has 2 rings (SSSR count). The quantitative estimate of drug-likeness (QED) is 0.806. The maximum Gasteiger partial charge on any atom is 0.317 e. The minimum Gasteiger partial charge on any atom is -0.341 e. The van der Waals surface area contributed by atoms with E-state index in [2.05, 4.69) is 29.1 Å². The van der Waals surface area contributed by atoms with Gasteiger partial charge in [0.2, 0.25) is 0 Å². The van der Waals surface area contributed by atoms with E-state index in [9.17, 15) is 4.79 Å². The van der Waals surface area contributed by atoms with Gasteiger partial charge in [-0.25, -0.2) is 4.79 Å². The molecule has 1 spiro atoms. The van der Waals surface area contributed by atoms with Crippen LogP contribution in [0.5, 0.6) is 0 Å². The molecular weight excluding hydrogens is 240 g/mol. The molecule has 2 saturated heterocycles. The van der Waals surface area contributed by atoms with E-state index in [0.29, 0.717) is 5.54 Å². The van der Waals surface area contributed by atoms with Gasteiger partial charge in [0.25, 0.3) is 0 Å². The molecular formula is C14H28N4O. The number of rotatable bonds is 2. The molecule has 0 aromatic rings. The Morgan fingerprint density at radius 3 is 2.47 bits per heavy atom. The van der Waals surface area contributed by atoms with Crippen LogP contribution in [0, 0.1) is 0 Å². The van der Waals surface area contributed by atoms with Crippen LogP contribution >= 0.6 is 0 Å². The van der Waals surface area contributed by atoms with Gasteiger partial charge in [-0.2, -0.15) is 0 Å². The maximum absolute atomic E-state index is 11.7. The van der Waals surface area contributed by atoms with Crippen molar-refractivity contribution in [3.8, 4) is 0 Å². The standard InChI is InChI=1S/C14H28N4O/c1-4-7-18-11-10-16(3)12-14(18)5-8-17(9-6-14)13(19)15-2/h4-12H2,1-3H3,(H,15,19). The largest absolute Gasteiger partial charge is 0.341 e. The van der Waals surface area contributed by atoms with Crippen LogP contribution in [-0.2, 0) is 0 Å². The highest BCUT2D eigenvalue weighted by molar-refractivity contribution is 5.73. The predicted octanol–water partition coefficient (Wildman–Crippen LogP) is 0.818. The molecule has 1 N–H and O–H groups in total. The fourth-order valence-corrected chi connectivity index (χ4v) is 3.59. The lowest BCUT2D eigenvalue weighted by Crippen LogP contribution is -2.65. The molecule has 0 aromatic heterocycles. The van der Waals surface area contributed by atoms with Crippen molar-refractivity contribution < 1.29 is 4.79 Å². The normalized spacial score (nSPS) is 24.7. The van der Waals surface area contributed by atoms with E-state index in [0.717, 1.165) is 32.5 Å². The third-order valence-corrected chi connectivity index (χ3v) is 4.68. The van der Waals surface area contributed by atoms with Crippen LogP contribution in [0.15, 0.2) is 0 Å². The predicted molar refractivity (Wildman–Crippen MR) is 77.4 cm³/mol. The topological polar surface area (TPSA) is 38.8 Å². The average molecular weight is 268 g/mol. The molecule has 5 nitrogen and oxygen atoms in total. The van der Waals surface area contributed by atoms with E-state index in [1.807, 2.05) is 4.90 Å². The molecule has 0 atom stereocenters. The molecule has 110 valence electrons. The number of nitrogens with one attached hydrogen (secondary N) is 1. The van der Waals surface area contributed by atoms with E-state index in [4.69, 9.17) is 0 Å². The van der Waals surface area contributed by atoms with Gasteiger partial charge >= 0.3 is 6.03 Å². The van der Waals surface area contributed by atoms with E-state index in [-0.39, 0.29) is 6.03 Å². The first-order valence-corrected chi connectivity index (χ1v) is 7.51. The second-order valence-electron chi connectivity index (χ2n) is 5.99. The molecule has 5 heteroatoms. The Bertz CT molecular complexity index is 313. The number of carbonyl (C=O) groups excluding carboxylic acids is 1. The van der Waals surface area contributed by atoms with E-state index < -0.39 is 0 Å². The lowest BCUT2D eigenvalue weighted by molar-refractivity contribution is -0.0283. The first kappa shape index (κ1) is 14.6. The lowest BCUT2D eigenvalue weighted by Gasteiger charge is -2.53. The van der Waals surface area contributed by atoms with Gasteiger partial charge < -0.3 is 15.1 Å². The number of piperazine rings is 1. The van der Waals surface area contributed by atoms with Crippen LogP contribution < -0.4 is 5.32 Å². The maximum atomic E-state index is 11.7. The van der Waals surface area contributed by atoms with Gasteiger partial charge in [0, 0.05) is 45.3 Å². The van der Waals surface area contributed by atoms with Gasteiger partial charge in [0.05, 0.1) is 0 Å². The summed E-state index contributed by atoms with van der Waals surface area (Å²) < 4.78 is 0. The number of piperidine rings is 1. The minimum absolute atomic E-state index is 0.0704. The fourth-order valence-electron chi connectivity index (χ4n) is 3.59. The SMILES string of the molecule is CCCN1CCN(C)CC12CCN(C(=O)NC)CC2. The Morgan fingerprint density at radius 2 is 1.89 bits per heavy atom. The van der Waals surface area contributed by atoms with Crippen molar-refractivity contribution in [1.82, 2.24) is 20.0 Å². The third-order valence-electron chi connectivity index (χ3n) is 4.68. The fraction of sp³-hybridized carbons (Fsp3) is 0.929. The van der Waals surface area contributed by atoms with Crippen LogP contribution in [0.2, 0.25) is 0 Å².